The molecule has 29 heavy (non-hydrogen) atoms. The number of benzene rings is 2. The molecule has 2 aliphatic heterocycles. The van der Waals surface area contributed by atoms with Gasteiger partial charge in [-0.1, -0.05) is 42.5 Å². The van der Waals surface area contributed by atoms with Crippen molar-refractivity contribution in [2.24, 2.45) is 0 Å². The lowest BCUT2D eigenvalue weighted by molar-refractivity contribution is -0.130. The van der Waals surface area contributed by atoms with E-state index in [4.69, 9.17) is 9.47 Å². The molecule has 2 heterocycles. The van der Waals surface area contributed by atoms with Gasteiger partial charge in [-0.3, -0.25) is 13.9 Å². The number of hydrogen-bond donors (Lipinski definition) is 0. The highest BCUT2D eigenvalue weighted by molar-refractivity contribution is 7.85. The molecule has 4 rings (SSSR count). The monoisotopic (exact) mass is 412 g/mol. The molecule has 1 fully saturated rings. The van der Waals surface area contributed by atoms with Gasteiger partial charge in [0.1, 0.15) is 0 Å². The summed E-state index contributed by atoms with van der Waals surface area (Å²) in [6.45, 7) is 4.41. The molecule has 0 bridgehead atoms. The van der Waals surface area contributed by atoms with Gasteiger partial charge < -0.3 is 14.4 Å². The lowest BCUT2D eigenvalue weighted by Crippen LogP contribution is -2.48. The minimum absolute atomic E-state index is 0.0925. The van der Waals surface area contributed by atoms with E-state index in [1.54, 1.807) is 6.92 Å². The van der Waals surface area contributed by atoms with Gasteiger partial charge in [0.05, 0.1) is 11.6 Å². The highest BCUT2D eigenvalue weighted by Crippen LogP contribution is 2.38. The molecule has 152 valence electrons. The van der Waals surface area contributed by atoms with E-state index in [2.05, 4.69) is 4.90 Å². The molecular weight excluding hydrogens is 388 g/mol. The average molecular weight is 413 g/mol. The normalized spacial score (nSPS) is 17.9. The Balaban J connectivity index is 1.48. The van der Waals surface area contributed by atoms with Crippen LogP contribution in [0.3, 0.4) is 0 Å². The van der Waals surface area contributed by atoms with E-state index >= 15 is 0 Å². The van der Waals surface area contributed by atoms with Crippen molar-refractivity contribution in [3.05, 3.63) is 65.9 Å². The van der Waals surface area contributed by atoms with Crippen molar-refractivity contribution < 1.29 is 18.5 Å². The third kappa shape index (κ3) is 4.68. The Hall–Kier alpha value is -2.64. The second kappa shape index (κ2) is 8.80. The Bertz CT molecular complexity index is 937. The van der Waals surface area contributed by atoms with Crippen LogP contribution in [0.4, 0.5) is 0 Å². The predicted octanol–water partition coefficient (Wildman–Crippen LogP) is 2.70. The first-order valence-corrected chi connectivity index (χ1v) is 11.1. The summed E-state index contributed by atoms with van der Waals surface area (Å²) in [5.41, 5.74) is 0.893. The van der Waals surface area contributed by atoms with Gasteiger partial charge in [-0.15, -0.1) is 0 Å². The zero-order valence-corrected chi connectivity index (χ0v) is 17.2. The van der Waals surface area contributed by atoms with Gasteiger partial charge in [0.15, 0.2) is 23.0 Å². The molecule has 2 aromatic carbocycles. The average Bonchev–Trinajstić information content (AvgIpc) is 2.74. The Morgan fingerprint density at radius 2 is 1.55 bits per heavy atom. The Kier molecular flexibility index (Phi) is 5.97. The summed E-state index contributed by atoms with van der Waals surface area (Å²) in [5.74, 6) is 3.29. The molecule has 0 radical (unpaired) electrons. The van der Waals surface area contributed by atoms with E-state index in [9.17, 15) is 9.00 Å². The Morgan fingerprint density at radius 1 is 0.931 bits per heavy atom. The van der Waals surface area contributed by atoms with E-state index in [1.165, 1.54) is 0 Å². The van der Waals surface area contributed by atoms with Crippen molar-refractivity contribution >= 4 is 22.5 Å². The van der Waals surface area contributed by atoms with E-state index in [-0.39, 0.29) is 11.7 Å². The number of rotatable bonds is 5. The van der Waals surface area contributed by atoms with E-state index in [1.807, 2.05) is 59.5 Å². The van der Waals surface area contributed by atoms with E-state index < -0.39 is 10.8 Å². The number of hydrogen-bond acceptors (Lipinski definition) is 5. The van der Waals surface area contributed by atoms with Gasteiger partial charge in [0.2, 0.25) is 5.91 Å². The topological polar surface area (TPSA) is 59.1 Å². The number of amides is 1. The Morgan fingerprint density at radius 3 is 2.21 bits per heavy atom. The highest BCUT2D eigenvalue weighted by atomic mass is 32.2. The standard InChI is InChI=1S/C22H24N2O4S/c1-17(25)24-13-11-23(12-14-24)16-29(26)15-21-22(18-7-3-2-4-8-18)28-20-10-6-5-9-19(20)27-21/h2-10H,11-16H2,1H3. The van der Waals surface area contributed by atoms with Gasteiger partial charge >= 0.3 is 0 Å². The maximum Gasteiger partial charge on any atom is 0.219 e. The van der Waals surface area contributed by atoms with Crippen LogP contribution in [0.2, 0.25) is 0 Å². The smallest absolute Gasteiger partial charge is 0.219 e. The summed E-state index contributed by atoms with van der Waals surface area (Å²) in [6, 6.07) is 17.2. The number of carbonyl (C=O) groups is 1. The van der Waals surface area contributed by atoms with Gasteiger partial charge in [0, 0.05) is 49.5 Å². The van der Waals surface area contributed by atoms with Gasteiger partial charge in [-0.25, -0.2) is 0 Å². The van der Waals surface area contributed by atoms with Crippen LogP contribution in [0.15, 0.2) is 60.4 Å². The summed E-state index contributed by atoms with van der Waals surface area (Å²) in [5, 5.41) is 0. The molecule has 0 spiro atoms. The molecule has 1 saturated heterocycles. The molecule has 0 aliphatic carbocycles. The summed E-state index contributed by atoms with van der Waals surface area (Å²) in [7, 11) is -1.15. The van der Waals surface area contributed by atoms with Crippen LogP contribution < -0.4 is 9.47 Å². The zero-order chi connectivity index (χ0) is 20.2. The third-order valence-electron chi connectivity index (χ3n) is 5.02. The highest BCUT2D eigenvalue weighted by Gasteiger charge is 2.26. The fraction of sp³-hybridized carbons (Fsp3) is 0.318. The number of ether oxygens (including phenoxy) is 2. The van der Waals surface area contributed by atoms with Gasteiger partial charge in [-0.05, 0) is 12.1 Å². The molecule has 6 nitrogen and oxygen atoms in total. The first-order chi connectivity index (χ1) is 14.1. The molecule has 7 heteroatoms. The molecular formula is C22H24N2O4S. The quantitative estimate of drug-likeness (QED) is 0.756. The first kappa shape index (κ1) is 19.7. The van der Waals surface area contributed by atoms with Crippen molar-refractivity contribution in [3.8, 4) is 11.5 Å². The minimum atomic E-state index is -1.15. The molecule has 2 aliphatic rings. The number of piperazine rings is 1. The van der Waals surface area contributed by atoms with E-state index in [0.717, 1.165) is 18.7 Å². The first-order valence-electron chi connectivity index (χ1n) is 9.66. The molecule has 0 N–H and O–H groups in total. The number of para-hydroxylation sites is 2. The Labute approximate surface area is 173 Å². The number of carbonyl (C=O) groups excluding carboxylic acids is 1. The molecule has 2 aromatic rings. The molecule has 1 unspecified atom stereocenters. The maximum absolute atomic E-state index is 12.9. The molecule has 1 amide bonds. The molecule has 1 atom stereocenters. The second-order valence-electron chi connectivity index (χ2n) is 7.11. The third-order valence-corrected chi connectivity index (χ3v) is 6.26. The number of fused-ring (bicyclic) bond motifs is 1. The predicted molar refractivity (Wildman–Crippen MR) is 113 cm³/mol. The van der Waals surface area contributed by atoms with Crippen LogP contribution in [0.25, 0.3) is 5.76 Å². The second-order valence-corrected chi connectivity index (χ2v) is 8.53. The summed E-state index contributed by atoms with van der Waals surface area (Å²) in [4.78, 5) is 15.4. The molecule has 0 saturated carbocycles. The van der Waals surface area contributed by atoms with Crippen LogP contribution in [0, 0.1) is 0 Å². The maximum atomic E-state index is 12.9. The van der Waals surface area contributed by atoms with Crippen molar-refractivity contribution in [2.45, 2.75) is 6.92 Å². The zero-order valence-electron chi connectivity index (χ0n) is 16.4. The summed E-state index contributed by atoms with van der Waals surface area (Å²) >= 11 is 0. The minimum Gasteiger partial charge on any atom is -0.453 e. The fourth-order valence-electron chi connectivity index (χ4n) is 3.46. The van der Waals surface area contributed by atoms with Crippen LogP contribution >= 0.6 is 0 Å². The van der Waals surface area contributed by atoms with Crippen LogP contribution in [-0.2, 0) is 15.6 Å². The van der Waals surface area contributed by atoms with Crippen LogP contribution in [-0.4, -0.2) is 57.7 Å². The van der Waals surface area contributed by atoms with E-state index in [0.29, 0.717) is 42.0 Å². The summed E-state index contributed by atoms with van der Waals surface area (Å²) < 4.78 is 25.1. The SMILES string of the molecule is CC(=O)N1CCN(CS(=O)CC2=C(c3ccccc3)Oc3ccccc3O2)CC1. The fourth-order valence-corrected chi connectivity index (χ4v) is 4.70. The van der Waals surface area contributed by atoms with Crippen molar-refractivity contribution in [3.63, 3.8) is 0 Å². The van der Waals surface area contributed by atoms with Crippen molar-refractivity contribution in [1.82, 2.24) is 9.80 Å². The summed E-state index contributed by atoms with van der Waals surface area (Å²) in [6.07, 6.45) is 0. The largest absolute Gasteiger partial charge is 0.453 e. The van der Waals surface area contributed by atoms with Gasteiger partial charge in [-0.2, -0.15) is 0 Å². The molecule has 0 aromatic heterocycles. The lowest BCUT2D eigenvalue weighted by atomic mass is 10.1. The van der Waals surface area contributed by atoms with Crippen LogP contribution in [0.5, 0.6) is 11.5 Å². The van der Waals surface area contributed by atoms with Gasteiger partial charge in [0.25, 0.3) is 0 Å². The van der Waals surface area contributed by atoms with Crippen molar-refractivity contribution in [2.75, 3.05) is 37.8 Å². The van der Waals surface area contributed by atoms with Crippen LogP contribution in [0.1, 0.15) is 12.5 Å². The number of nitrogens with zero attached hydrogens (tertiary/aromatic N) is 2. The van der Waals surface area contributed by atoms with Crippen molar-refractivity contribution in [1.29, 1.82) is 0 Å². The lowest BCUT2D eigenvalue weighted by Gasteiger charge is -2.33.